The Morgan fingerprint density at radius 1 is 1.07 bits per heavy atom. The van der Waals surface area contributed by atoms with E-state index in [0.717, 1.165) is 5.56 Å². The number of rotatable bonds is 5. The average Bonchev–Trinajstić information content (AvgIpc) is 3.39. The SMILES string of the molecule is Cc1onc(-c2ccccc2)c1-c1nnc(CSc2nnnn2C(C)(C)C)o1. The van der Waals surface area contributed by atoms with Gasteiger partial charge >= 0.3 is 0 Å². The van der Waals surface area contributed by atoms with Crippen LogP contribution in [0.25, 0.3) is 22.7 Å². The maximum Gasteiger partial charge on any atom is 0.253 e. The Hall–Kier alpha value is -3.01. The molecule has 4 rings (SSSR count). The summed E-state index contributed by atoms with van der Waals surface area (Å²) in [6.45, 7) is 7.94. The second kappa shape index (κ2) is 7.19. The molecule has 0 bridgehead atoms. The third-order valence-electron chi connectivity index (χ3n) is 3.99. The first-order valence-corrected chi connectivity index (χ1v) is 9.68. The number of aryl methyl sites for hydroxylation is 1. The minimum absolute atomic E-state index is 0.212. The van der Waals surface area contributed by atoms with E-state index in [9.17, 15) is 0 Å². The minimum Gasteiger partial charge on any atom is -0.420 e. The number of nitrogens with zero attached hydrogens (tertiary/aromatic N) is 7. The Morgan fingerprint density at radius 2 is 1.86 bits per heavy atom. The molecule has 0 amide bonds. The predicted octanol–water partition coefficient (Wildman–Crippen LogP) is 3.73. The van der Waals surface area contributed by atoms with Gasteiger partial charge in [0.2, 0.25) is 11.0 Å². The number of tetrazole rings is 1. The molecule has 3 heterocycles. The van der Waals surface area contributed by atoms with Crippen LogP contribution < -0.4 is 0 Å². The monoisotopic (exact) mass is 397 g/mol. The van der Waals surface area contributed by atoms with Crippen molar-refractivity contribution in [1.82, 2.24) is 35.6 Å². The topological polar surface area (TPSA) is 109 Å². The van der Waals surface area contributed by atoms with Crippen molar-refractivity contribution in [1.29, 1.82) is 0 Å². The summed E-state index contributed by atoms with van der Waals surface area (Å²) in [6.07, 6.45) is 0. The van der Waals surface area contributed by atoms with Crippen molar-refractivity contribution in [3.63, 3.8) is 0 Å². The Kier molecular flexibility index (Phi) is 4.71. The van der Waals surface area contributed by atoms with Gasteiger partial charge in [0.15, 0.2) is 0 Å². The van der Waals surface area contributed by atoms with Gasteiger partial charge in [0.05, 0.1) is 11.3 Å². The highest BCUT2D eigenvalue weighted by molar-refractivity contribution is 7.98. The quantitative estimate of drug-likeness (QED) is 0.465. The standard InChI is InChI=1S/C18H19N7O2S/c1-11-14(15(22-27-11)12-8-6-5-7-9-12)16-20-19-13(26-16)10-28-17-21-23-24-25(17)18(2,3)4/h5-9H,10H2,1-4H3. The first-order valence-electron chi connectivity index (χ1n) is 8.69. The van der Waals surface area contributed by atoms with Crippen LogP contribution in [0, 0.1) is 6.92 Å². The van der Waals surface area contributed by atoms with E-state index in [1.165, 1.54) is 11.8 Å². The third kappa shape index (κ3) is 3.55. The van der Waals surface area contributed by atoms with Crippen molar-refractivity contribution in [2.24, 2.45) is 0 Å². The van der Waals surface area contributed by atoms with E-state index < -0.39 is 0 Å². The highest BCUT2D eigenvalue weighted by Gasteiger charge is 2.23. The zero-order chi connectivity index (χ0) is 19.7. The van der Waals surface area contributed by atoms with Gasteiger partial charge in [-0.2, -0.15) is 0 Å². The van der Waals surface area contributed by atoms with Gasteiger partial charge in [0.25, 0.3) is 5.89 Å². The van der Waals surface area contributed by atoms with E-state index in [2.05, 4.69) is 30.9 Å². The normalized spacial score (nSPS) is 11.9. The van der Waals surface area contributed by atoms with Crippen LogP contribution in [0.15, 0.2) is 44.4 Å². The Balaban J connectivity index is 1.57. The molecule has 0 saturated heterocycles. The molecule has 0 fully saturated rings. The maximum absolute atomic E-state index is 5.87. The molecule has 0 atom stereocenters. The molecular weight excluding hydrogens is 378 g/mol. The molecule has 0 aliphatic carbocycles. The van der Waals surface area contributed by atoms with Crippen molar-refractivity contribution in [3.8, 4) is 22.7 Å². The van der Waals surface area contributed by atoms with Crippen LogP contribution >= 0.6 is 11.8 Å². The van der Waals surface area contributed by atoms with Gasteiger partial charge < -0.3 is 8.94 Å². The summed E-state index contributed by atoms with van der Waals surface area (Å²) in [7, 11) is 0. The van der Waals surface area contributed by atoms with Crippen LogP contribution in [0.3, 0.4) is 0 Å². The van der Waals surface area contributed by atoms with Crippen molar-refractivity contribution < 1.29 is 8.94 Å². The second-order valence-corrected chi connectivity index (χ2v) is 8.10. The number of aromatic nitrogens is 7. The molecular formula is C18H19N7O2S. The van der Waals surface area contributed by atoms with E-state index in [1.54, 1.807) is 4.68 Å². The van der Waals surface area contributed by atoms with Crippen LogP contribution in [-0.4, -0.2) is 35.6 Å². The summed E-state index contributed by atoms with van der Waals surface area (Å²) in [5.41, 5.74) is 2.09. The molecule has 144 valence electrons. The second-order valence-electron chi connectivity index (χ2n) is 7.16. The van der Waals surface area contributed by atoms with Crippen LogP contribution in [0.1, 0.15) is 32.4 Å². The van der Waals surface area contributed by atoms with Crippen molar-refractivity contribution in [2.75, 3.05) is 0 Å². The van der Waals surface area contributed by atoms with Crippen LogP contribution in [-0.2, 0) is 11.3 Å². The summed E-state index contributed by atoms with van der Waals surface area (Å²) >= 11 is 1.44. The lowest BCUT2D eigenvalue weighted by Gasteiger charge is -2.19. The summed E-state index contributed by atoms with van der Waals surface area (Å²) in [5, 5.41) is 25.1. The molecule has 0 unspecified atom stereocenters. The maximum atomic E-state index is 5.87. The lowest BCUT2D eigenvalue weighted by atomic mass is 10.1. The summed E-state index contributed by atoms with van der Waals surface area (Å²) in [4.78, 5) is 0. The number of thioether (sulfide) groups is 1. The molecule has 3 aromatic heterocycles. The lowest BCUT2D eigenvalue weighted by molar-refractivity contribution is 0.321. The van der Waals surface area contributed by atoms with Crippen LogP contribution in [0.2, 0.25) is 0 Å². The summed E-state index contributed by atoms with van der Waals surface area (Å²) in [6, 6.07) is 9.75. The van der Waals surface area contributed by atoms with Crippen LogP contribution in [0.4, 0.5) is 0 Å². The Morgan fingerprint density at radius 3 is 2.61 bits per heavy atom. The predicted molar refractivity (Wildman–Crippen MR) is 102 cm³/mol. The van der Waals surface area contributed by atoms with Gasteiger partial charge in [-0.1, -0.05) is 47.3 Å². The fraction of sp³-hybridized carbons (Fsp3) is 0.333. The zero-order valence-electron chi connectivity index (χ0n) is 15.9. The van der Waals surface area contributed by atoms with E-state index >= 15 is 0 Å². The number of benzene rings is 1. The molecule has 0 spiro atoms. The molecule has 9 nitrogen and oxygen atoms in total. The highest BCUT2D eigenvalue weighted by atomic mass is 32.2. The molecule has 10 heteroatoms. The van der Waals surface area contributed by atoms with Gasteiger partial charge in [-0.3, -0.25) is 0 Å². The molecule has 4 aromatic rings. The average molecular weight is 397 g/mol. The molecule has 0 aliphatic rings. The van der Waals surface area contributed by atoms with Gasteiger partial charge in [0, 0.05) is 5.56 Å². The smallest absolute Gasteiger partial charge is 0.253 e. The van der Waals surface area contributed by atoms with Crippen molar-refractivity contribution >= 4 is 11.8 Å². The lowest BCUT2D eigenvalue weighted by Crippen LogP contribution is -2.24. The molecule has 28 heavy (non-hydrogen) atoms. The third-order valence-corrected chi connectivity index (χ3v) is 4.90. The molecule has 0 N–H and O–H groups in total. The summed E-state index contributed by atoms with van der Waals surface area (Å²) < 4.78 is 13.0. The van der Waals surface area contributed by atoms with Crippen molar-refractivity contribution in [2.45, 2.75) is 44.1 Å². The van der Waals surface area contributed by atoms with E-state index in [-0.39, 0.29) is 5.54 Å². The fourth-order valence-electron chi connectivity index (χ4n) is 2.65. The fourth-order valence-corrected chi connectivity index (χ4v) is 3.54. The first kappa shape index (κ1) is 18.4. The van der Waals surface area contributed by atoms with Gasteiger partial charge in [-0.15, -0.1) is 15.3 Å². The van der Waals surface area contributed by atoms with Crippen LogP contribution in [0.5, 0.6) is 0 Å². The first-order chi connectivity index (χ1) is 13.4. The van der Waals surface area contributed by atoms with E-state index in [1.807, 2.05) is 58.0 Å². The minimum atomic E-state index is -0.212. The van der Waals surface area contributed by atoms with Gasteiger partial charge in [-0.25, -0.2) is 4.68 Å². The molecule has 0 aliphatic heterocycles. The van der Waals surface area contributed by atoms with Gasteiger partial charge in [-0.05, 0) is 38.1 Å². The molecule has 0 saturated carbocycles. The summed E-state index contributed by atoms with van der Waals surface area (Å²) in [5.74, 6) is 1.93. The van der Waals surface area contributed by atoms with Gasteiger partial charge in [0.1, 0.15) is 17.0 Å². The molecule has 1 aromatic carbocycles. The Labute approximate surface area is 165 Å². The Bertz CT molecular complexity index is 1080. The largest absolute Gasteiger partial charge is 0.420 e. The highest BCUT2D eigenvalue weighted by Crippen LogP contribution is 2.34. The molecule has 0 radical (unpaired) electrons. The number of hydrogen-bond donors (Lipinski definition) is 0. The van der Waals surface area contributed by atoms with E-state index in [4.69, 9.17) is 8.94 Å². The number of hydrogen-bond acceptors (Lipinski definition) is 9. The zero-order valence-corrected chi connectivity index (χ0v) is 16.8. The van der Waals surface area contributed by atoms with E-state index in [0.29, 0.717) is 39.7 Å². The van der Waals surface area contributed by atoms with Crippen molar-refractivity contribution in [3.05, 3.63) is 42.0 Å².